The Morgan fingerprint density at radius 3 is 2.83 bits per heavy atom. The molecule has 0 N–H and O–H groups in total. The molecule has 0 aliphatic carbocycles. The van der Waals surface area contributed by atoms with E-state index in [9.17, 15) is 4.79 Å². The number of anilines is 1. The first kappa shape index (κ1) is 18.3. The van der Waals surface area contributed by atoms with Crippen molar-refractivity contribution in [2.45, 2.75) is 18.4 Å². The van der Waals surface area contributed by atoms with E-state index in [-0.39, 0.29) is 11.3 Å². The molecular weight excluding hydrogens is 382 g/mol. The van der Waals surface area contributed by atoms with E-state index in [1.54, 1.807) is 18.4 Å². The smallest absolute Gasteiger partial charge is 0.259 e. The van der Waals surface area contributed by atoms with Crippen LogP contribution in [0.15, 0.2) is 59.4 Å². The van der Waals surface area contributed by atoms with Crippen LogP contribution in [0.4, 0.5) is 5.69 Å². The first-order valence-electron chi connectivity index (χ1n) is 9.83. The lowest BCUT2D eigenvalue weighted by Crippen LogP contribution is -2.39. The van der Waals surface area contributed by atoms with Crippen LogP contribution in [0.5, 0.6) is 5.75 Å². The molecule has 1 fully saturated rings. The number of likely N-dealkylation sites (tertiary alicyclic amines) is 1. The number of fused-ring (bicyclic) bond motifs is 2. The van der Waals surface area contributed by atoms with Crippen molar-refractivity contribution in [3.63, 3.8) is 0 Å². The summed E-state index contributed by atoms with van der Waals surface area (Å²) < 4.78 is 5.26. The Morgan fingerprint density at radius 2 is 2.07 bits per heavy atom. The van der Waals surface area contributed by atoms with Crippen molar-refractivity contribution in [3.8, 4) is 5.75 Å². The Balaban J connectivity index is 1.38. The van der Waals surface area contributed by atoms with Gasteiger partial charge in [-0.05, 0) is 54.2 Å². The van der Waals surface area contributed by atoms with Crippen LogP contribution < -0.4 is 9.64 Å². The molecule has 1 aromatic carbocycles. The Bertz CT molecular complexity index is 1020. The maximum absolute atomic E-state index is 13.1. The van der Waals surface area contributed by atoms with Gasteiger partial charge in [0.2, 0.25) is 0 Å². The molecule has 5 rings (SSSR count). The van der Waals surface area contributed by atoms with E-state index in [0.29, 0.717) is 6.54 Å². The lowest BCUT2D eigenvalue weighted by Gasteiger charge is -2.25. The summed E-state index contributed by atoms with van der Waals surface area (Å²) >= 11 is 1.56. The normalized spacial score (nSPS) is 20.9. The van der Waals surface area contributed by atoms with E-state index in [1.165, 1.54) is 5.56 Å². The molecule has 3 aromatic rings. The molecule has 148 valence electrons. The Morgan fingerprint density at radius 1 is 1.21 bits per heavy atom. The molecule has 0 bridgehead atoms. The number of aromatic nitrogens is 1. The number of pyridine rings is 1. The zero-order chi connectivity index (χ0) is 19.8. The second-order valence-electron chi connectivity index (χ2n) is 7.86. The number of hydrogen-bond donors (Lipinski definition) is 0. The summed E-state index contributed by atoms with van der Waals surface area (Å²) in [4.78, 5) is 22.3. The minimum absolute atomic E-state index is 0.0750. The summed E-state index contributed by atoms with van der Waals surface area (Å²) in [5.74, 6) is 0.953. The Kier molecular flexibility index (Phi) is 4.60. The maximum Gasteiger partial charge on any atom is 0.259 e. The topological polar surface area (TPSA) is 45.7 Å². The summed E-state index contributed by atoms with van der Waals surface area (Å²) in [6.45, 7) is 3.51. The second kappa shape index (κ2) is 7.28. The molecular formula is C23H23N3O2S. The summed E-state index contributed by atoms with van der Waals surface area (Å²) in [6.07, 6.45) is 2.87. The molecule has 0 unspecified atom stereocenters. The van der Waals surface area contributed by atoms with Gasteiger partial charge in [0.25, 0.3) is 5.91 Å². The standard InChI is InChI=1S/C23H23N3O2S/c1-28-19-6-4-17(5-7-19)13-25-11-9-23(15-25)16-26(20-3-2-10-24-21(20)23)22(27)18-8-12-29-14-18/h2-8,10,12,14H,9,11,13,15-16H2,1H3/t23-/m1/s1. The van der Waals surface area contributed by atoms with Gasteiger partial charge < -0.3 is 9.64 Å². The van der Waals surface area contributed by atoms with Crippen LogP contribution in [0.1, 0.15) is 28.0 Å². The molecule has 2 aliphatic heterocycles. The molecule has 5 nitrogen and oxygen atoms in total. The molecule has 0 saturated carbocycles. The average molecular weight is 406 g/mol. The fraction of sp³-hybridized carbons (Fsp3) is 0.304. The largest absolute Gasteiger partial charge is 0.497 e. The minimum Gasteiger partial charge on any atom is -0.497 e. The average Bonchev–Trinajstić information content (AvgIpc) is 3.49. The fourth-order valence-electron chi connectivity index (χ4n) is 4.61. The van der Waals surface area contributed by atoms with Gasteiger partial charge in [0, 0.05) is 36.6 Å². The fourth-order valence-corrected chi connectivity index (χ4v) is 5.24. The van der Waals surface area contributed by atoms with Crippen LogP contribution in [-0.2, 0) is 12.0 Å². The zero-order valence-electron chi connectivity index (χ0n) is 16.4. The number of nitrogens with zero attached hydrogens (tertiary/aromatic N) is 3. The monoisotopic (exact) mass is 405 g/mol. The number of carbonyl (C=O) groups excluding carboxylic acids is 1. The molecule has 1 spiro atoms. The van der Waals surface area contributed by atoms with Crippen LogP contribution in [0.3, 0.4) is 0 Å². The minimum atomic E-state index is -0.0885. The quantitative estimate of drug-likeness (QED) is 0.659. The number of rotatable bonds is 4. The van der Waals surface area contributed by atoms with Crippen molar-refractivity contribution < 1.29 is 9.53 Å². The van der Waals surface area contributed by atoms with Crippen LogP contribution in [0.25, 0.3) is 0 Å². The van der Waals surface area contributed by atoms with Gasteiger partial charge in [-0.15, -0.1) is 0 Å². The molecule has 4 heterocycles. The zero-order valence-corrected chi connectivity index (χ0v) is 17.2. The molecule has 6 heteroatoms. The Hall–Kier alpha value is -2.70. The van der Waals surface area contributed by atoms with Crippen molar-refractivity contribution in [1.82, 2.24) is 9.88 Å². The second-order valence-corrected chi connectivity index (χ2v) is 8.64. The predicted molar refractivity (Wildman–Crippen MR) is 115 cm³/mol. The molecule has 29 heavy (non-hydrogen) atoms. The third-order valence-electron chi connectivity index (χ3n) is 6.05. The van der Waals surface area contributed by atoms with Gasteiger partial charge in [0.05, 0.1) is 24.1 Å². The molecule has 1 atom stereocenters. The van der Waals surface area contributed by atoms with E-state index in [0.717, 1.165) is 48.7 Å². The van der Waals surface area contributed by atoms with E-state index >= 15 is 0 Å². The van der Waals surface area contributed by atoms with Gasteiger partial charge in [0.1, 0.15) is 5.75 Å². The van der Waals surface area contributed by atoms with E-state index in [1.807, 2.05) is 52.2 Å². The van der Waals surface area contributed by atoms with Crippen molar-refractivity contribution in [1.29, 1.82) is 0 Å². The summed E-state index contributed by atoms with van der Waals surface area (Å²) in [5.41, 5.74) is 3.98. The highest BCUT2D eigenvalue weighted by molar-refractivity contribution is 7.08. The van der Waals surface area contributed by atoms with Crippen molar-refractivity contribution in [2.75, 3.05) is 31.6 Å². The van der Waals surface area contributed by atoms with Gasteiger partial charge in [-0.1, -0.05) is 12.1 Å². The van der Waals surface area contributed by atoms with E-state index in [4.69, 9.17) is 9.72 Å². The maximum atomic E-state index is 13.1. The lowest BCUT2D eigenvalue weighted by molar-refractivity contribution is 0.0985. The molecule has 0 radical (unpaired) electrons. The predicted octanol–water partition coefficient (Wildman–Crippen LogP) is 3.96. The first-order chi connectivity index (χ1) is 14.2. The first-order valence-corrected chi connectivity index (χ1v) is 10.8. The van der Waals surface area contributed by atoms with Gasteiger partial charge in [-0.2, -0.15) is 11.3 Å². The molecule has 2 aromatic heterocycles. The lowest BCUT2D eigenvalue weighted by atomic mass is 9.85. The number of hydrogen-bond acceptors (Lipinski definition) is 5. The number of thiophene rings is 1. The van der Waals surface area contributed by atoms with Crippen LogP contribution in [0.2, 0.25) is 0 Å². The number of methoxy groups -OCH3 is 1. The number of ether oxygens (including phenoxy) is 1. The van der Waals surface area contributed by atoms with E-state index < -0.39 is 0 Å². The molecule has 2 aliphatic rings. The van der Waals surface area contributed by atoms with Crippen LogP contribution in [-0.4, -0.2) is 42.5 Å². The highest BCUT2D eigenvalue weighted by Gasteiger charge is 2.49. The number of carbonyl (C=O) groups is 1. The number of benzene rings is 1. The summed E-state index contributed by atoms with van der Waals surface area (Å²) in [6, 6.07) is 14.1. The van der Waals surface area contributed by atoms with Crippen molar-refractivity contribution in [3.05, 3.63) is 76.2 Å². The van der Waals surface area contributed by atoms with Gasteiger partial charge in [0.15, 0.2) is 0 Å². The number of amides is 1. The third-order valence-corrected chi connectivity index (χ3v) is 6.73. The van der Waals surface area contributed by atoms with Crippen molar-refractivity contribution >= 4 is 22.9 Å². The van der Waals surface area contributed by atoms with Crippen molar-refractivity contribution in [2.24, 2.45) is 0 Å². The Labute approximate surface area is 174 Å². The highest BCUT2D eigenvalue weighted by atomic mass is 32.1. The van der Waals surface area contributed by atoms with Gasteiger partial charge >= 0.3 is 0 Å². The van der Waals surface area contributed by atoms with E-state index in [2.05, 4.69) is 17.0 Å². The highest BCUT2D eigenvalue weighted by Crippen LogP contribution is 2.45. The van der Waals surface area contributed by atoms with Gasteiger partial charge in [-0.3, -0.25) is 14.7 Å². The molecule has 1 amide bonds. The van der Waals surface area contributed by atoms with Crippen LogP contribution >= 0.6 is 11.3 Å². The summed E-state index contributed by atoms with van der Waals surface area (Å²) in [5, 5.41) is 3.88. The van der Waals surface area contributed by atoms with Crippen LogP contribution in [0, 0.1) is 0 Å². The van der Waals surface area contributed by atoms with Gasteiger partial charge in [-0.25, -0.2) is 0 Å². The summed E-state index contributed by atoms with van der Waals surface area (Å²) in [7, 11) is 1.69. The third kappa shape index (κ3) is 3.22. The molecule has 1 saturated heterocycles. The SMILES string of the molecule is COc1ccc(CN2CC[C@@]3(C2)CN(C(=O)c2ccsc2)c2cccnc23)cc1.